The van der Waals surface area contributed by atoms with Gasteiger partial charge in [-0.05, 0) is 0 Å². The predicted molar refractivity (Wildman–Crippen MR) is 29.6 cm³/mol. The van der Waals surface area contributed by atoms with Crippen LogP contribution in [0.1, 0.15) is 0 Å². The molecule has 0 bridgehead atoms. The van der Waals surface area contributed by atoms with E-state index in [0.717, 1.165) is 0 Å². The zero-order valence-electron chi connectivity index (χ0n) is 4.50. The minimum atomic E-state index is 0. The Hall–Kier alpha value is 3.07. The van der Waals surface area contributed by atoms with E-state index in [-0.39, 0.29) is 130 Å². The molecule has 0 aromatic heterocycles. The molecule has 0 heterocycles. The van der Waals surface area contributed by atoms with Crippen molar-refractivity contribution < 1.29 is 27.4 Å². The minimum absolute atomic E-state index is 0. The maximum atomic E-state index is 0. The molecule has 42 valence electrons. The molecule has 0 atom stereocenters. The van der Waals surface area contributed by atoms with E-state index in [1.807, 2.05) is 0 Å². The van der Waals surface area contributed by atoms with Gasteiger partial charge in [-0.3, -0.25) is 0 Å². The molecular weight excluding hydrogens is 158 g/mol. The third-order valence-corrected chi connectivity index (χ3v) is 0. The first kappa shape index (κ1) is 87.8. The van der Waals surface area contributed by atoms with Crippen LogP contribution in [0.5, 0.6) is 0 Å². The predicted octanol–water partition coefficient (Wildman–Crippen LogP) is -4.89. The summed E-state index contributed by atoms with van der Waals surface area (Å²) in [5, 5.41) is 0. The molecule has 0 unspecified atom stereocenters. The Kier molecular flexibility index (Phi) is 786. The molecule has 0 aliphatic heterocycles. The van der Waals surface area contributed by atoms with E-state index in [1.54, 1.807) is 0 Å². The molecule has 0 saturated carbocycles. The van der Waals surface area contributed by atoms with Gasteiger partial charge >= 0.3 is 0 Å². The maximum absolute atomic E-state index is 0. The molecule has 2 radical (unpaired) electrons. The molecule has 0 aliphatic rings. The van der Waals surface area contributed by atoms with Crippen molar-refractivity contribution in [2.75, 3.05) is 0 Å². The van der Waals surface area contributed by atoms with Gasteiger partial charge in [0.2, 0.25) is 0 Å². The van der Waals surface area contributed by atoms with Crippen LogP contribution in [0.15, 0.2) is 0 Å². The van der Waals surface area contributed by atoms with Crippen LogP contribution in [0.25, 0.3) is 0 Å². The first-order valence-corrected chi connectivity index (χ1v) is 0. The summed E-state index contributed by atoms with van der Waals surface area (Å²) < 4.78 is 0. The molecule has 5 nitrogen and oxygen atoms in total. The average molecular weight is 168 g/mol. The van der Waals surface area contributed by atoms with Crippen LogP contribution in [-0.4, -0.2) is 130 Å². The molecule has 0 saturated heterocycles. The van der Waals surface area contributed by atoms with Gasteiger partial charge in [0.1, 0.15) is 0 Å². The number of hydrogen-bond donors (Lipinski definition) is 0. The van der Waals surface area contributed by atoms with Gasteiger partial charge in [-0.2, -0.15) is 0 Å². The van der Waals surface area contributed by atoms with Gasteiger partial charge in [-0.25, -0.2) is 0 Å². The first-order valence-electron chi connectivity index (χ1n) is 0. The van der Waals surface area contributed by atoms with E-state index in [4.69, 9.17) is 0 Å². The molecule has 0 aromatic rings. The van der Waals surface area contributed by atoms with Crippen LogP contribution in [0.2, 0.25) is 0 Å². The van der Waals surface area contributed by atoms with E-state index >= 15 is 0 Å². The van der Waals surface area contributed by atoms with Crippen LogP contribution < -0.4 is 0 Å². The Labute approximate surface area is 127 Å². The second-order valence-corrected chi connectivity index (χ2v) is 0. The van der Waals surface area contributed by atoms with Gasteiger partial charge in [0.05, 0.1) is 0 Å². The smallest absolute Gasteiger partial charge is 0 e. The second-order valence-electron chi connectivity index (χ2n) is 0. The molecule has 0 fully saturated rings. The third kappa shape index (κ3) is 48.1. The van der Waals surface area contributed by atoms with Crippen molar-refractivity contribution in [3.05, 3.63) is 0 Å². The zero-order valence-corrected chi connectivity index (χ0v) is 10.7. The van der Waals surface area contributed by atoms with E-state index in [9.17, 15) is 0 Å². The van der Waals surface area contributed by atoms with E-state index < -0.39 is 0 Å². The molecule has 7 heavy (non-hydrogen) atoms. The Morgan fingerprint density at radius 2 is 0.286 bits per heavy atom. The summed E-state index contributed by atoms with van der Waals surface area (Å²) in [6.45, 7) is 0. The molecule has 0 aliphatic carbocycles. The van der Waals surface area contributed by atoms with Gasteiger partial charge in [-0.15, -0.1) is 0 Å². The zero-order chi connectivity index (χ0) is 0. The van der Waals surface area contributed by atoms with Crippen LogP contribution in [0.3, 0.4) is 0 Å². The van der Waals surface area contributed by atoms with Gasteiger partial charge < -0.3 is 27.4 Å². The molecular formula is H10K2O5. The van der Waals surface area contributed by atoms with Crippen LogP contribution in [0, 0.1) is 0 Å². The van der Waals surface area contributed by atoms with Crippen molar-refractivity contribution in [2.45, 2.75) is 0 Å². The standard InChI is InChI=1S/2K.5H2O/h;;5*1H2. The van der Waals surface area contributed by atoms with Crippen molar-refractivity contribution in [1.29, 1.82) is 0 Å². The molecule has 0 spiro atoms. The fourth-order valence-corrected chi connectivity index (χ4v) is 0. The summed E-state index contributed by atoms with van der Waals surface area (Å²) in [6, 6.07) is 0. The maximum Gasteiger partial charge on any atom is 0 e. The Morgan fingerprint density at radius 1 is 0.286 bits per heavy atom. The number of rotatable bonds is 0. The van der Waals surface area contributed by atoms with Gasteiger partial charge in [0.15, 0.2) is 0 Å². The van der Waals surface area contributed by atoms with Crippen molar-refractivity contribution in [3.8, 4) is 0 Å². The summed E-state index contributed by atoms with van der Waals surface area (Å²) in [4.78, 5) is 0. The third-order valence-electron chi connectivity index (χ3n) is 0. The normalized spacial score (nSPS) is 0. The Bertz CT molecular complexity index is 6.04. The molecule has 7 heteroatoms. The monoisotopic (exact) mass is 168 g/mol. The van der Waals surface area contributed by atoms with E-state index in [0.29, 0.717) is 0 Å². The summed E-state index contributed by atoms with van der Waals surface area (Å²) >= 11 is 0. The van der Waals surface area contributed by atoms with E-state index in [1.165, 1.54) is 0 Å². The second kappa shape index (κ2) is 62.6. The number of hydrogen-bond acceptors (Lipinski definition) is 0. The van der Waals surface area contributed by atoms with Crippen molar-refractivity contribution in [2.24, 2.45) is 0 Å². The fraction of sp³-hybridized carbons (Fsp3) is 0. The summed E-state index contributed by atoms with van der Waals surface area (Å²) in [5.41, 5.74) is 0. The van der Waals surface area contributed by atoms with Crippen LogP contribution in [-0.2, 0) is 0 Å². The summed E-state index contributed by atoms with van der Waals surface area (Å²) in [6.07, 6.45) is 0. The van der Waals surface area contributed by atoms with Crippen molar-refractivity contribution in [1.82, 2.24) is 0 Å². The van der Waals surface area contributed by atoms with Gasteiger partial charge in [0.25, 0.3) is 0 Å². The topological polar surface area (TPSA) is 158 Å². The summed E-state index contributed by atoms with van der Waals surface area (Å²) in [5.74, 6) is 0. The Balaban J connectivity index is 0. The van der Waals surface area contributed by atoms with Crippen molar-refractivity contribution >= 4 is 103 Å². The molecule has 0 rings (SSSR count). The molecule has 0 amide bonds. The van der Waals surface area contributed by atoms with Gasteiger partial charge in [0, 0.05) is 103 Å². The minimum Gasteiger partial charge on any atom is -0.412 e. The van der Waals surface area contributed by atoms with Crippen molar-refractivity contribution in [3.63, 3.8) is 0 Å². The van der Waals surface area contributed by atoms with E-state index in [2.05, 4.69) is 0 Å². The SMILES string of the molecule is O.O.O.O.O.[K].[K]. The van der Waals surface area contributed by atoms with Gasteiger partial charge in [-0.1, -0.05) is 0 Å². The first-order chi connectivity index (χ1) is 0. The quantitative estimate of drug-likeness (QED) is 0.318. The largest absolute Gasteiger partial charge is 0.412 e. The Morgan fingerprint density at radius 3 is 0.286 bits per heavy atom. The molecule has 0 aromatic carbocycles. The van der Waals surface area contributed by atoms with Crippen LogP contribution in [0.4, 0.5) is 0 Å². The molecule has 10 N–H and O–H groups in total. The van der Waals surface area contributed by atoms with Crippen LogP contribution >= 0.6 is 0 Å². The summed E-state index contributed by atoms with van der Waals surface area (Å²) in [7, 11) is 0. The average Bonchev–Trinajstić information content (AvgIpc) is 0. The fourth-order valence-electron chi connectivity index (χ4n) is 0.